The maximum absolute atomic E-state index is 13.0. The SMILES string of the molecule is COC(=O)CCOc1cc(F)ccc1[C@H](C)O. The molecule has 17 heavy (non-hydrogen) atoms. The molecule has 0 saturated heterocycles. The third-order valence-electron chi connectivity index (χ3n) is 2.22. The summed E-state index contributed by atoms with van der Waals surface area (Å²) in [6.07, 6.45) is -0.685. The third-order valence-corrected chi connectivity index (χ3v) is 2.22. The van der Waals surface area contributed by atoms with Crippen molar-refractivity contribution < 1.29 is 23.8 Å². The summed E-state index contributed by atoms with van der Waals surface area (Å²) in [7, 11) is 1.28. The van der Waals surface area contributed by atoms with E-state index in [2.05, 4.69) is 4.74 Å². The molecule has 4 nitrogen and oxygen atoms in total. The van der Waals surface area contributed by atoms with Crippen LogP contribution in [0.2, 0.25) is 0 Å². The highest BCUT2D eigenvalue weighted by Crippen LogP contribution is 2.26. The minimum absolute atomic E-state index is 0.0757. The molecule has 0 aliphatic rings. The Morgan fingerprint density at radius 2 is 2.24 bits per heavy atom. The molecule has 0 aromatic heterocycles. The summed E-state index contributed by atoms with van der Waals surface area (Å²) in [6.45, 7) is 1.64. The van der Waals surface area contributed by atoms with E-state index in [1.54, 1.807) is 6.92 Å². The Kier molecular flexibility index (Phi) is 4.90. The number of carbonyl (C=O) groups is 1. The number of carbonyl (C=O) groups excluding carboxylic acids is 1. The molecule has 94 valence electrons. The minimum Gasteiger partial charge on any atom is -0.492 e. The number of ether oxygens (including phenoxy) is 2. The number of aliphatic hydroxyl groups is 1. The molecular weight excluding hydrogens is 227 g/mol. The van der Waals surface area contributed by atoms with Crippen LogP contribution in [0.3, 0.4) is 0 Å². The molecule has 1 atom stereocenters. The van der Waals surface area contributed by atoms with Crippen LogP contribution in [-0.4, -0.2) is 24.8 Å². The van der Waals surface area contributed by atoms with Gasteiger partial charge in [-0.05, 0) is 19.1 Å². The fourth-order valence-electron chi connectivity index (χ4n) is 1.32. The number of halogens is 1. The van der Waals surface area contributed by atoms with E-state index in [0.717, 1.165) is 0 Å². The number of benzene rings is 1. The van der Waals surface area contributed by atoms with Crippen LogP contribution in [0.5, 0.6) is 5.75 Å². The first-order chi connectivity index (χ1) is 8.04. The van der Waals surface area contributed by atoms with Crippen LogP contribution >= 0.6 is 0 Å². The molecule has 0 unspecified atom stereocenters. The van der Waals surface area contributed by atoms with Crippen molar-refractivity contribution in [2.75, 3.05) is 13.7 Å². The van der Waals surface area contributed by atoms with Gasteiger partial charge in [0.2, 0.25) is 0 Å². The molecule has 0 spiro atoms. The van der Waals surface area contributed by atoms with E-state index in [1.165, 1.54) is 25.3 Å². The molecule has 0 aliphatic carbocycles. The van der Waals surface area contributed by atoms with Crippen molar-refractivity contribution in [3.8, 4) is 5.75 Å². The van der Waals surface area contributed by atoms with Crippen molar-refractivity contribution in [2.24, 2.45) is 0 Å². The molecular formula is C12H15FO4. The fraction of sp³-hybridized carbons (Fsp3) is 0.417. The van der Waals surface area contributed by atoms with E-state index in [-0.39, 0.29) is 18.8 Å². The van der Waals surface area contributed by atoms with E-state index in [9.17, 15) is 14.3 Å². The average molecular weight is 242 g/mol. The van der Waals surface area contributed by atoms with E-state index in [1.807, 2.05) is 0 Å². The Morgan fingerprint density at radius 3 is 2.82 bits per heavy atom. The molecule has 5 heteroatoms. The van der Waals surface area contributed by atoms with E-state index < -0.39 is 17.9 Å². The highest BCUT2D eigenvalue weighted by molar-refractivity contribution is 5.69. The first-order valence-corrected chi connectivity index (χ1v) is 5.21. The normalized spacial score (nSPS) is 12.0. The van der Waals surface area contributed by atoms with Crippen LogP contribution in [0.1, 0.15) is 25.0 Å². The summed E-state index contributed by atoms with van der Waals surface area (Å²) in [5, 5.41) is 9.46. The summed E-state index contributed by atoms with van der Waals surface area (Å²) in [6, 6.07) is 3.88. The lowest BCUT2D eigenvalue weighted by Gasteiger charge is -2.13. The largest absolute Gasteiger partial charge is 0.492 e. The Morgan fingerprint density at radius 1 is 1.53 bits per heavy atom. The second kappa shape index (κ2) is 6.20. The van der Waals surface area contributed by atoms with Gasteiger partial charge in [0.25, 0.3) is 0 Å². The zero-order valence-electron chi connectivity index (χ0n) is 9.77. The molecule has 1 N–H and O–H groups in total. The van der Waals surface area contributed by atoms with Gasteiger partial charge in [0, 0.05) is 11.6 Å². The van der Waals surface area contributed by atoms with Crippen molar-refractivity contribution in [3.05, 3.63) is 29.6 Å². The van der Waals surface area contributed by atoms with Gasteiger partial charge < -0.3 is 14.6 Å². The zero-order valence-corrected chi connectivity index (χ0v) is 9.77. The standard InChI is InChI=1S/C12H15FO4/c1-8(14)10-4-3-9(13)7-11(10)17-6-5-12(15)16-2/h3-4,7-8,14H,5-6H2,1-2H3/t8-/m0/s1. The molecule has 0 aliphatic heterocycles. The Hall–Kier alpha value is -1.62. The Balaban J connectivity index is 2.68. The van der Waals surface area contributed by atoms with Crippen molar-refractivity contribution in [1.82, 2.24) is 0 Å². The maximum atomic E-state index is 13.0. The van der Waals surface area contributed by atoms with Crippen LogP contribution in [0.15, 0.2) is 18.2 Å². The molecule has 1 aromatic carbocycles. The first kappa shape index (κ1) is 13.4. The topological polar surface area (TPSA) is 55.8 Å². The van der Waals surface area contributed by atoms with Gasteiger partial charge in [-0.1, -0.05) is 0 Å². The average Bonchev–Trinajstić information content (AvgIpc) is 2.28. The van der Waals surface area contributed by atoms with Crippen LogP contribution in [0, 0.1) is 5.82 Å². The molecule has 0 bridgehead atoms. The molecule has 1 aromatic rings. The van der Waals surface area contributed by atoms with Crippen molar-refractivity contribution in [3.63, 3.8) is 0 Å². The summed E-state index contributed by atoms with van der Waals surface area (Å²) >= 11 is 0. The molecule has 0 heterocycles. The maximum Gasteiger partial charge on any atom is 0.308 e. The highest BCUT2D eigenvalue weighted by atomic mass is 19.1. The van der Waals surface area contributed by atoms with Gasteiger partial charge in [-0.15, -0.1) is 0 Å². The molecule has 1 rings (SSSR count). The van der Waals surface area contributed by atoms with Gasteiger partial charge in [-0.2, -0.15) is 0 Å². The Labute approximate surface area is 99.0 Å². The fourth-order valence-corrected chi connectivity index (χ4v) is 1.32. The third kappa shape index (κ3) is 4.03. The second-order valence-corrected chi connectivity index (χ2v) is 3.53. The van der Waals surface area contributed by atoms with Crippen LogP contribution in [0.4, 0.5) is 4.39 Å². The lowest BCUT2D eigenvalue weighted by Crippen LogP contribution is -2.09. The van der Waals surface area contributed by atoms with Crippen LogP contribution in [0.25, 0.3) is 0 Å². The van der Waals surface area contributed by atoms with Crippen molar-refractivity contribution in [1.29, 1.82) is 0 Å². The van der Waals surface area contributed by atoms with Crippen LogP contribution < -0.4 is 4.74 Å². The highest BCUT2D eigenvalue weighted by Gasteiger charge is 2.11. The Bertz CT molecular complexity index is 390. The number of aliphatic hydroxyl groups excluding tert-OH is 1. The molecule has 0 radical (unpaired) electrons. The monoisotopic (exact) mass is 242 g/mol. The second-order valence-electron chi connectivity index (χ2n) is 3.53. The number of esters is 1. The predicted molar refractivity (Wildman–Crippen MR) is 59.2 cm³/mol. The van der Waals surface area contributed by atoms with Gasteiger partial charge >= 0.3 is 5.97 Å². The van der Waals surface area contributed by atoms with Gasteiger partial charge in [0.05, 0.1) is 26.2 Å². The lowest BCUT2D eigenvalue weighted by atomic mass is 10.1. The summed E-state index contributed by atoms with van der Waals surface area (Å²) in [4.78, 5) is 10.9. The van der Waals surface area contributed by atoms with Crippen LogP contribution in [-0.2, 0) is 9.53 Å². The van der Waals surface area contributed by atoms with Crippen molar-refractivity contribution >= 4 is 5.97 Å². The predicted octanol–water partition coefficient (Wildman–Crippen LogP) is 1.82. The number of rotatable bonds is 5. The summed E-state index contributed by atoms with van der Waals surface area (Å²) < 4.78 is 22.7. The van der Waals surface area contributed by atoms with Gasteiger partial charge in [-0.3, -0.25) is 4.79 Å². The summed E-state index contributed by atoms with van der Waals surface area (Å²) in [5.74, 6) is -0.619. The molecule has 0 fully saturated rings. The van der Waals surface area contributed by atoms with Gasteiger partial charge in [0.1, 0.15) is 11.6 Å². The number of hydrogen-bond acceptors (Lipinski definition) is 4. The number of methoxy groups -OCH3 is 1. The number of hydrogen-bond donors (Lipinski definition) is 1. The summed E-state index contributed by atoms with van der Waals surface area (Å²) in [5.41, 5.74) is 0.483. The smallest absolute Gasteiger partial charge is 0.308 e. The van der Waals surface area contributed by atoms with E-state index in [0.29, 0.717) is 5.56 Å². The molecule has 0 saturated carbocycles. The van der Waals surface area contributed by atoms with Gasteiger partial charge in [0.15, 0.2) is 0 Å². The zero-order chi connectivity index (χ0) is 12.8. The van der Waals surface area contributed by atoms with E-state index >= 15 is 0 Å². The quantitative estimate of drug-likeness (QED) is 0.800. The van der Waals surface area contributed by atoms with Crippen molar-refractivity contribution in [2.45, 2.75) is 19.4 Å². The molecule has 0 amide bonds. The lowest BCUT2D eigenvalue weighted by molar-refractivity contribution is -0.141. The van der Waals surface area contributed by atoms with Gasteiger partial charge in [-0.25, -0.2) is 4.39 Å². The van der Waals surface area contributed by atoms with E-state index in [4.69, 9.17) is 4.74 Å². The minimum atomic E-state index is -0.760. The first-order valence-electron chi connectivity index (χ1n) is 5.21.